The van der Waals surface area contributed by atoms with Crippen LogP contribution in [0.5, 0.6) is 5.75 Å². The molecule has 0 saturated heterocycles. The van der Waals surface area contributed by atoms with E-state index in [4.69, 9.17) is 4.74 Å². The van der Waals surface area contributed by atoms with E-state index in [1.807, 2.05) is 0 Å². The van der Waals surface area contributed by atoms with Crippen LogP contribution in [0.4, 0.5) is 0 Å². The molecule has 1 aromatic carbocycles. The highest BCUT2D eigenvalue weighted by Crippen LogP contribution is 2.59. The number of methoxy groups -OCH3 is 1. The van der Waals surface area contributed by atoms with Crippen LogP contribution in [0.25, 0.3) is 0 Å². The van der Waals surface area contributed by atoms with Crippen LogP contribution in [-0.2, 0) is 6.42 Å². The second-order valence-electron chi connectivity index (χ2n) is 6.12. The van der Waals surface area contributed by atoms with Gasteiger partial charge in [0.2, 0.25) is 0 Å². The maximum atomic E-state index is 5.20. The molecular formula is C17H25NO. The molecule has 2 fully saturated rings. The Morgan fingerprint density at radius 3 is 2.47 bits per heavy atom. The highest BCUT2D eigenvalue weighted by atomic mass is 16.5. The van der Waals surface area contributed by atoms with Crippen molar-refractivity contribution in [2.45, 2.75) is 38.1 Å². The molecular weight excluding hydrogens is 234 g/mol. The first-order valence-corrected chi connectivity index (χ1v) is 7.63. The Bertz CT molecular complexity index is 404. The van der Waals surface area contributed by atoms with E-state index in [9.17, 15) is 0 Å². The molecule has 2 aliphatic carbocycles. The Balaban J connectivity index is 1.52. The summed E-state index contributed by atoms with van der Waals surface area (Å²) in [6.45, 7) is 0. The van der Waals surface area contributed by atoms with Gasteiger partial charge in [-0.15, -0.1) is 0 Å². The fraction of sp³-hybridized carbons (Fsp3) is 0.647. The topological polar surface area (TPSA) is 21.3 Å². The smallest absolute Gasteiger partial charge is 0.118 e. The van der Waals surface area contributed by atoms with Gasteiger partial charge in [0.05, 0.1) is 7.11 Å². The van der Waals surface area contributed by atoms with E-state index in [2.05, 4.69) is 36.6 Å². The van der Waals surface area contributed by atoms with Gasteiger partial charge in [-0.05, 0) is 68.2 Å². The van der Waals surface area contributed by atoms with Crippen LogP contribution in [0, 0.1) is 17.8 Å². The van der Waals surface area contributed by atoms with Crippen molar-refractivity contribution >= 4 is 0 Å². The SMILES string of the molecule is CNC(CCc1ccc(OC)cc1)C1C2CCCC21. The summed E-state index contributed by atoms with van der Waals surface area (Å²) < 4.78 is 5.20. The summed E-state index contributed by atoms with van der Waals surface area (Å²) in [5.74, 6) is 4.02. The maximum absolute atomic E-state index is 5.20. The number of benzene rings is 1. The third kappa shape index (κ3) is 2.64. The van der Waals surface area contributed by atoms with Crippen LogP contribution >= 0.6 is 0 Å². The van der Waals surface area contributed by atoms with E-state index in [1.165, 1.54) is 37.7 Å². The zero-order chi connectivity index (χ0) is 13.2. The summed E-state index contributed by atoms with van der Waals surface area (Å²) in [5.41, 5.74) is 1.42. The van der Waals surface area contributed by atoms with Crippen LogP contribution in [0.3, 0.4) is 0 Å². The van der Waals surface area contributed by atoms with Crippen LogP contribution in [0.1, 0.15) is 31.2 Å². The minimum absolute atomic E-state index is 0.720. The minimum Gasteiger partial charge on any atom is -0.497 e. The van der Waals surface area contributed by atoms with Gasteiger partial charge in [0.1, 0.15) is 5.75 Å². The summed E-state index contributed by atoms with van der Waals surface area (Å²) >= 11 is 0. The molecule has 2 aliphatic rings. The minimum atomic E-state index is 0.720. The molecule has 2 heteroatoms. The number of rotatable bonds is 6. The lowest BCUT2D eigenvalue weighted by atomic mass is 9.97. The van der Waals surface area contributed by atoms with Crippen LogP contribution < -0.4 is 10.1 Å². The lowest BCUT2D eigenvalue weighted by Gasteiger charge is -2.18. The number of hydrogen-bond donors (Lipinski definition) is 1. The molecule has 3 atom stereocenters. The van der Waals surface area contributed by atoms with Gasteiger partial charge >= 0.3 is 0 Å². The fourth-order valence-electron chi connectivity index (χ4n) is 4.12. The molecule has 2 nitrogen and oxygen atoms in total. The lowest BCUT2D eigenvalue weighted by Crippen LogP contribution is -2.29. The number of aryl methyl sites for hydroxylation is 1. The van der Waals surface area contributed by atoms with Crippen molar-refractivity contribution < 1.29 is 4.74 Å². The maximum Gasteiger partial charge on any atom is 0.118 e. The van der Waals surface area contributed by atoms with Crippen molar-refractivity contribution in [3.63, 3.8) is 0 Å². The van der Waals surface area contributed by atoms with Crippen molar-refractivity contribution in [2.24, 2.45) is 17.8 Å². The summed E-state index contributed by atoms with van der Waals surface area (Å²) in [5, 5.41) is 3.56. The van der Waals surface area contributed by atoms with Gasteiger partial charge in [-0.2, -0.15) is 0 Å². The summed E-state index contributed by atoms with van der Waals surface area (Å²) in [6, 6.07) is 9.24. The van der Waals surface area contributed by atoms with Gasteiger partial charge in [-0.3, -0.25) is 0 Å². The Morgan fingerprint density at radius 2 is 1.89 bits per heavy atom. The molecule has 19 heavy (non-hydrogen) atoms. The van der Waals surface area contributed by atoms with Crippen LogP contribution in [-0.4, -0.2) is 20.2 Å². The largest absolute Gasteiger partial charge is 0.497 e. The zero-order valence-corrected chi connectivity index (χ0v) is 12.1. The molecule has 3 unspecified atom stereocenters. The molecule has 0 spiro atoms. The lowest BCUT2D eigenvalue weighted by molar-refractivity contribution is 0.407. The van der Waals surface area contributed by atoms with Crippen molar-refractivity contribution in [1.82, 2.24) is 5.32 Å². The first-order chi connectivity index (χ1) is 9.33. The van der Waals surface area contributed by atoms with Crippen molar-refractivity contribution in [2.75, 3.05) is 14.2 Å². The van der Waals surface area contributed by atoms with Gasteiger partial charge in [-0.25, -0.2) is 0 Å². The van der Waals surface area contributed by atoms with Gasteiger partial charge < -0.3 is 10.1 Å². The van der Waals surface area contributed by atoms with Crippen molar-refractivity contribution in [3.8, 4) is 5.75 Å². The van der Waals surface area contributed by atoms with E-state index in [0.717, 1.165) is 29.5 Å². The monoisotopic (exact) mass is 259 g/mol. The van der Waals surface area contributed by atoms with Gasteiger partial charge in [0.25, 0.3) is 0 Å². The molecule has 0 bridgehead atoms. The molecule has 0 aromatic heterocycles. The first-order valence-electron chi connectivity index (χ1n) is 7.63. The average molecular weight is 259 g/mol. The van der Waals surface area contributed by atoms with Gasteiger partial charge in [0.15, 0.2) is 0 Å². The Kier molecular flexibility index (Phi) is 3.79. The number of nitrogens with one attached hydrogen (secondary N) is 1. The molecule has 104 valence electrons. The van der Waals surface area contributed by atoms with Crippen molar-refractivity contribution in [3.05, 3.63) is 29.8 Å². The molecule has 0 aliphatic heterocycles. The van der Waals surface area contributed by atoms with Crippen LogP contribution in [0.15, 0.2) is 24.3 Å². The molecule has 1 aromatic rings. The van der Waals surface area contributed by atoms with Gasteiger partial charge in [-0.1, -0.05) is 18.6 Å². The molecule has 2 saturated carbocycles. The predicted octanol–water partition coefficient (Wildman–Crippen LogP) is 3.26. The summed E-state index contributed by atoms with van der Waals surface area (Å²) in [7, 11) is 3.85. The Morgan fingerprint density at radius 1 is 1.21 bits per heavy atom. The number of hydrogen-bond acceptors (Lipinski definition) is 2. The van der Waals surface area contributed by atoms with E-state index in [0.29, 0.717) is 0 Å². The Hall–Kier alpha value is -1.02. The normalized spacial score (nSPS) is 29.9. The first kappa shape index (κ1) is 13.0. The van der Waals surface area contributed by atoms with Crippen molar-refractivity contribution in [1.29, 1.82) is 0 Å². The second kappa shape index (κ2) is 5.54. The highest BCUT2D eigenvalue weighted by Gasteiger charge is 2.55. The second-order valence-corrected chi connectivity index (χ2v) is 6.12. The van der Waals surface area contributed by atoms with Gasteiger partial charge in [0, 0.05) is 6.04 Å². The molecule has 3 rings (SSSR count). The third-order valence-electron chi connectivity index (χ3n) is 5.21. The highest BCUT2D eigenvalue weighted by molar-refractivity contribution is 5.27. The zero-order valence-electron chi connectivity index (χ0n) is 12.1. The predicted molar refractivity (Wildman–Crippen MR) is 78.5 cm³/mol. The average Bonchev–Trinajstić information content (AvgIpc) is 2.93. The molecule has 1 N–H and O–H groups in total. The molecule has 0 radical (unpaired) electrons. The molecule has 0 amide bonds. The van der Waals surface area contributed by atoms with E-state index >= 15 is 0 Å². The fourth-order valence-corrected chi connectivity index (χ4v) is 4.12. The summed E-state index contributed by atoms with van der Waals surface area (Å²) in [4.78, 5) is 0. The summed E-state index contributed by atoms with van der Waals surface area (Å²) in [6.07, 6.45) is 6.87. The third-order valence-corrected chi connectivity index (χ3v) is 5.21. The number of fused-ring (bicyclic) bond motifs is 1. The van der Waals surface area contributed by atoms with E-state index in [1.54, 1.807) is 7.11 Å². The van der Waals surface area contributed by atoms with E-state index < -0.39 is 0 Å². The number of ether oxygens (including phenoxy) is 1. The standard InChI is InChI=1S/C17H25NO/c1-18-16(17-14-4-3-5-15(14)17)11-8-12-6-9-13(19-2)10-7-12/h6-7,9-10,14-18H,3-5,8,11H2,1-2H3. The Labute approximate surface area is 116 Å². The quantitative estimate of drug-likeness (QED) is 0.846. The van der Waals surface area contributed by atoms with E-state index in [-0.39, 0.29) is 0 Å². The molecule has 0 heterocycles. The van der Waals surface area contributed by atoms with Crippen LogP contribution in [0.2, 0.25) is 0 Å².